The first-order valence-electron chi connectivity index (χ1n) is 6.25. The van der Waals surface area contributed by atoms with Gasteiger partial charge in [-0.15, -0.1) is 0 Å². The van der Waals surface area contributed by atoms with Crippen LogP contribution in [0.2, 0.25) is 0 Å². The molecule has 0 fully saturated rings. The smallest absolute Gasteiger partial charge is 0.249 e. The van der Waals surface area contributed by atoms with Gasteiger partial charge in [-0.1, -0.05) is 27.7 Å². The Morgan fingerprint density at radius 2 is 1.53 bits per heavy atom. The third-order valence-electron chi connectivity index (χ3n) is 2.61. The van der Waals surface area contributed by atoms with E-state index in [9.17, 15) is 4.79 Å². The van der Waals surface area contributed by atoms with Crippen LogP contribution in [0.25, 0.3) is 0 Å². The van der Waals surface area contributed by atoms with Gasteiger partial charge in [0.1, 0.15) is 0 Å². The van der Waals surface area contributed by atoms with Gasteiger partial charge in [0.05, 0.1) is 0 Å². The average Bonchev–Trinajstić information content (AvgIpc) is 2.61. The molecule has 0 saturated carbocycles. The van der Waals surface area contributed by atoms with E-state index < -0.39 is 0 Å². The highest BCUT2D eigenvalue weighted by molar-refractivity contribution is 5.96. The molecule has 1 aliphatic heterocycles. The minimum absolute atomic E-state index is 0.278. The van der Waals surface area contributed by atoms with E-state index in [2.05, 4.69) is 0 Å². The minimum Gasteiger partial charge on any atom is -0.338 e. The van der Waals surface area contributed by atoms with Crippen molar-refractivity contribution in [3.63, 3.8) is 0 Å². The molecule has 0 aromatic carbocycles. The molecule has 0 bridgehead atoms. The van der Waals surface area contributed by atoms with Gasteiger partial charge in [-0.25, -0.2) is 0 Å². The number of carbonyl (C=O) groups is 1. The summed E-state index contributed by atoms with van der Waals surface area (Å²) in [6.45, 7) is 8.90. The zero-order valence-corrected chi connectivity index (χ0v) is 10.9. The molecule has 2 nitrogen and oxygen atoms in total. The molecule has 1 aliphatic carbocycles. The van der Waals surface area contributed by atoms with Gasteiger partial charge in [-0.05, 0) is 31.3 Å². The van der Waals surface area contributed by atoms with Gasteiger partial charge in [0.15, 0.2) is 0 Å². The van der Waals surface area contributed by atoms with E-state index in [1.54, 1.807) is 0 Å². The summed E-state index contributed by atoms with van der Waals surface area (Å²) in [5.41, 5.74) is 2.53. The van der Waals surface area contributed by atoms with Gasteiger partial charge in [0.2, 0.25) is 5.91 Å². The topological polar surface area (TPSA) is 20.3 Å². The molecule has 0 aromatic rings. The molecule has 0 saturated heterocycles. The molecule has 1 heterocycles. The van der Waals surface area contributed by atoms with E-state index in [0.717, 1.165) is 25.0 Å². The second-order valence-electron chi connectivity index (χ2n) is 3.45. The Balaban J connectivity index is 0.000000442. The normalized spacial score (nSPS) is 18.7. The van der Waals surface area contributed by atoms with Crippen LogP contribution in [0.3, 0.4) is 0 Å². The van der Waals surface area contributed by atoms with Crippen molar-refractivity contribution in [1.29, 1.82) is 0 Å². The molecule has 0 unspecified atom stereocenters. The Kier molecular flexibility index (Phi) is 7.10. The van der Waals surface area contributed by atoms with Crippen LogP contribution in [0.5, 0.6) is 0 Å². The van der Waals surface area contributed by atoms with E-state index >= 15 is 0 Å². The Labute approximate surface area is 94.4 Å². The maximum Gasteiger partial charge on any atom is 0.249 e. The van der Waals surface area contributed by atoms with Crippen LogP contribution < -0.4 is 0 Å². The van der Waals surface area contributed by atoms with E-state index in [-0.39, 0.29) is 5.91 Å². The van der Waals surface area contributed by atoms with Crippen LogP contribution in [0.15, 0.2) is 11.1 Å². The lowest BCUT2D eigenvalue weighted by Gasteiger charge is -2.09. The standard InChI is InChI=1S/C9H13NO.2C2H6/c1-10-6-7-4-2-3-5-8(7)9(10)11;2*1-2/h2-6H2,1H3;2*1-2H3. The maximum atomic E-state index is 11.4. The second kappa shape index (κ2) is 7.49. The van der Waals surface area contributed by atoms with Gasteiger partial charge < -0.3 is 4.90 Å². The fourth-order valence-electron chi connectivity index (χ4n) is 1.99. The molecular formula is C13H25NO. The van der Waals surface area contributed by atoms with Gasteiger partial charge in [-0.3, -0.25) is 4.79 Å². The summed E-state index contributed by atoms with van der Waals surface area (Å²) >= 11 is 0. The van der Waals surface area contributed by atoms with Crippen LogP contribution in [-0.2, 0) is 4.79 Å². The Morgan fingerprint density at radius 3 is 2.07 bits per heavy atom. The molecule has 1 amide bonds. The number of amides is 1. The largest absolute Gasteiger partial charge is 0.338 e. The van der Waals surface area contributed by atoms with Gasteiger partial charge >= 0.3 is 0 Å². The zero-order valence-electron chi connectivity index (χ0n) is 10.9. The van der Waals surface area contributed by atoms with Gasteiger partial charge in [0.25, 0.3) is 0 Å². The number of likely N-dealkylation sites (N-methyl/N-ethyl adjacent to an activating group) is 1. The van der Waals surface area contributed by atoms with Crippen molar-refractivity contribution in [2.75, 3.05) is 13.6 Å². The lowest BCUT2D eigenvalue weighted by Crippen LogP contribution is -2.21. The number of rotatable bonds is 0. The van der Waals surface area contributed by atoms with E-state index in [0.29, 0.717) is 0 Å². The molecule has 0 atom stereocenters. The van der Waals surface area contributed by atoms with E-state index in [1.807, 2.05) is 39.6 Å². The first-order chi connectivity index (χ1) is 7.29. The second-order valence-corrected chi connectivity index (χ2v) is 3.45. The summed E-state index contributed by atoms with van der Waals surface area (Å²) in [4.78, 5) is 13.2. The summed E-state index contributed by atoms with van der Waals surface area (Å²) < 4.78 is 0. The Bertz CT molecular complexity index is 231. The lowest BCUT2D eigenvalue weighted by atomic mass is 9.94. The van der Waals surface area contributed by atoms with Crippen LogP contribution in [0.4, 0.5) is 0 Å². The summed E-state index contributed by atoms with van der Waals surface area (Å²) in [7, 11) is 1.89. The van der Waals surface area contributed by atoms with Crippen LogP contribution >= 0.6 is 0 Å². The highest BCUT2D eigenvalue weighted by atomic mass is 16.2. The number of hydrogen-bond donors (Lipinski definition) is 0. The predicted octanol–water partition coefficient (Wildman–Crippen LogP) is 3.38. The Morgan fingerprint density at radius 1 is 1.00 bits per heavy atom. The summed E-state index contributed by atoms with van der Waals surface area (Å²) in [5, 5.41) is 0. The fourth-order valence-corrected chi connectivity index (χ4v) is 1.99. The van der Waals surface area contributed by atoms with Crippen molar-refractivity contribution >= 4 is 5.91 Å². The van der Waals surface area contributed by atoms with Crippen LogP contribution in [0, 0.1) is 0 Å². The molecule has 0 N–H and O–H groups in total. The van der Waals surface area contributed by atoms with Crippen molar-refractivity contribution in [3.8, 4) is 0 Å². The first kappa shape index (κ1) is 14.2. The third-order valence-corrected chi connectivity index (χ3v) is 2.61. The van der Waals surface area contributed by atoms with Gasteiger partial charge in [-0.2, -0.15) is 0 Å². The maximum absolute atomic E-state index is 11.4. The highest BCUT2D eigenvalue weighted by Crippen LogP contribution is 2.30. The molecule has 0 radical (unpaired) electrons. The predicted molar refractivity (Wildman–Crippen MR) is 65.8 cm³/mol. The number of nitrogens with zero attached hydrogens (tertiary/aromatic N) is 1. The summed E-state index contributed by atoms with van der Waals surface area (Å²) in [6, 6.07) is 0. The lowest BCUT2D eigenvalue weighted by molar-refractivity contribution is -0.124. The highest BCUT2D eigenvalue weighted by Gasteiger charge is 2.28. The quantitative estimate of drug-likeness (QED) is 0.601. The molecular weight excluding hydrogens is 186 g/mol. The molecule has 2 rings (SSSR count). The monoisotopic (exact) mass is 211 g/mol. The minimum atomic E-state index is 0.278. The summed E-state index contributed by atoms with van der Waals surface area (Å²) in [6.07, 6.45) is 4.67. The number of carbonyl (C=O) groups excluding carboxylic acids is 1. The van der Waals surface area contributed by atoms with Gasteiger partial charge in [0, 0.05) is 19.2 Å². The average molecular weight is 211 g/mol. The summed E-state index contributed by atoms with van der Waals surface area (Å²) in [5.74, 6) is 0.278. The molecule has 15 heavy (non-hydrogen) atoms. The van der Waals surface area contributed by atoms with Crippen molar-refractivity contribution < 1.29 is 4.79 Å². The zero-order chi connectivity index (χ0) is 11.8. The molecule has 0 spiro atoms. The van der Waals surface area contributed by atoms with Crippen molar-refractivity contribution in [2.45, 2.75) is 53.4 Å². The third kappa shape index (κ3) is 3.37. The fraction of sp³-hybridized carbons (Fsp3) is 0.769. The van der Waals surface area contributed by atoms with Crippen molar-refractivity contribution in [3.05, 3.63) is 11.1 Å². The Hall–Kier alpha value is -0.790. The first-order valence-corrected chi connectivity index (χ1v) is 6.25. The van der Waals surface area contributed by atoms with Crippen LogP contribution in [-0.4, -0.2) is 24.4 Å². The molecule has 2 aliphatic rings. The van der Waals surface area contributed by atoms with Crippen molar-refractivity contribution in [1.82, 2.24) is 4.90 Å². The molecule has 88 valence electrons. The van der Waals surface area contributed by atoms with E-state index in [1.165, 1.54) is 18.4 Å². The SMILES string of the molecule is CC.CC.CN1CC2=C(CCCC2)C1=O. The van der Waals surface area contributed by atoms with Crippen LogP contribution in [0.1, 0.15) is 53.4 Å². The van der Waals surface area contributed by atoms with Crippen molar-refractivity contribution in [2.24, 2.45) is 0 Å². The molecule has 0 aromatic heterocycles. The number of hydrogen-bond acceptors (Lipinski definition) is 1. The molecule has 2 heteroatoms. The van der Waals surface area contributed by atoms with E-state index in [4.69, 9.17) is 0 Å².